The average Bonchev–Trinajstić information content (AvgIpc) is 2.28. The largest absolute Gasteiger partial charge is 0.370 e. The van der Waals surface area contributed by atoms with Gasteiger partial charge in [0.1, 0.15) is 6.04 Å². The molecule has 2 rings (SSSR count). The van der Waals surface area contributed by atoms with Gasteiger partial charge in [-0.15, -0.1) is 0 Å². The number of hydrogen-bond donors (Lipinski definition) is 2. The first-order valence-corrected chi connectivity index (χ1v) is 6.36. The predicted molar refractivity (Wildman–Crippen MR) is 75.0 cm³/mol. The summed E-state index contributed by atoms with van der Waals surface area (Å²) in [6.07, 6.45) is 0. The Labute approximate surface area is 114 Å². The Morgan fingerprint density at radius 2 is 2.00 bits per heavy atom. The standard InChI is InChI=1S/C13H14BrN3O/c1-7-11(8(2)18)12(17-13(15)16-7)9-3-5-10(14)6-4-9/h3-6,12H,1-2H3,(H3,15,16,17)/t12-/m0/s1. The summed E-state index contributed by atoms with van der Waals surface area (Å²) in [5.74, 6) is 0.342. The van der Waals surface area contributed by atoms with E-state index in [0.29, 0.717) is 11.5 Å². The van der Waals surface area contributed by atoms with Crippen molar-refractivity contribution in [3.8, 4) is 0 Å². The molecule has 0 unspecified atom stereocenters. The summed E-state index contributed by atoms with van der Waals surface area (Å²) >= 11 is 3.39. The van der Waals surface area contributed by atoms with E-state index < -0.39 is 0 Å². The number of nitrogens with two attached hydrogens (primary N) is 1. The number of Topliss-reactive ketones (excluding diaryl/α,β-unsaturated/α-hetero) is 1. The maximum atomic E-state index is 11.7. The molecule has 1 aliphatic heterocycles. The summed E-state index contributed by atoms with van der Waals surface area (Å²) in [4.78, 5) is 16.1. The lowest BCUT2D eigenvalue weighted by Crippen LogP contribution is -2.36. The summed E-state index contributed by atoms with van der Waals surface area (Å²) in [5.41, 5.74) is 8.11. The molecule has 1 aliphatic rings. The lowest BCUT2D eigenvalue weighted by Gasteiger charge is -2.24. The molecule has 3 N–H and O–H groups in total. The van der Waals surface area contributed by atoms with Gasteiger partial charge in [0, 0.05) is 15.7 Å². The highest BCUT2D eigenvalue weighted by molar-refractivity contribution is 9.10. The van der Waals surface area contributed by atoms with Crippen LogP contribution in [-0.2, 0) is 4.79 Å². The van der Waals surface area contributed by atoms with Crippen LogP contribution in [0.15, 0.2) is 45.0 Å². The third-order valence-corrected chi connectivity index (χ3v) is 3.35. The van der Waals surface area contributed by atoms with Crippen LogP contribution in [0.1, 0.15) is 25.5 Å². The van der Waals surface area contributed by atoms with Crippen LogP contribution in [0.3, 0.4) is 0 Å². The zero-order chi connectivity index (χ0) is 13.3. The van der Waals surface area contributed by atoms with Gasteiger partial charge in [-0.1, -0.05) is 28.1 Å². The molecule has 0 saturated carbocycles. The minimum atomic E-state index is -0.322. The monoisotopic (exact) mass is 307 g/mol. The minimum Gasteiger partial charge on any atom is -0.370 e. The number of hydrogen-bond acceptors (Lipinski definition) is 4. The summed E-state index contributed by atoms with van der Waals surface area (Å²) in [6, 6.07) is 7.41. The molecule has 1 atom stereocenters. The third-order valence-electron chi connectivity index (χ3n) is 2.83. The molecule has 94 valence electrons. The molecule has 5 heteroatoms. The lowest BCUT2D eigenvalue weighted by atomic mass is 9.94. The molecule has 0 amide bonds. The van der Waals surface area contributed by atoms with Crippen molar-refractivity contribution in [1.82, 2.24) is 5.32 Å². The van der Waals surface area contributed by atoms with Crippen molar-refractivity contribution in [3.05, 3.63) is 45.6 Å². The van der Waals surface area contributed by atoms with Crippen LogP contribution in [-0.4, -0.2) is 11.7 Å². The first-order chi connectivity index (χ1) is 8.49. The van der Waals surface area contributed by atoms with Crippen molar-refractivity contribution < 1.29 is 4.79 Å². The first kappa shape index (κ1) is 12.8. The Morgan fingerprint density at radius 1 is 1.39 bits per heavy atom. The number of benzene rings is 1. The van der Waals surface area contributed by atoms with Gasteiger partial charge in [0.25, 0.3) is 0 Å². The van der Waals surface area contributed by atoms with Gasteiger partial charge in [0.15, 0.2) is 11.7 Å². The Kier molecular flexibility index (Phi) is 3.52. The Morgan fingerprint density at radius 3 is 2.56 bits per heavy atom. The summed E-state index contributed by atoms with van der Waals surface area (Å²) in [5, 5.41) is 2.90. The van der Waals surface area contributed by atoms with E-state index in [4.69, 9.17) is 5.73 Å². The van der Waals surface area contributed by atoms with Gasteiger partial charge in [0.05, 0.1) is 0 Å². The highest BCUT2D eigenvalue weighted by Crippen LogP contribution is 2.31. The van der Waals surface area contributed by atoms with Gasteiger partial charge in [-0.2, -0.15) is 0 Å². The van der Waals surface area contributed by atoms with Crippen LogP contribution in [0.2, 0.25) is 0 Å². The van der Waals surface area contributed by atoms with Gasteiger partial charge in [-0.25, -0.2) is 4.99 Å². The molecule has 0 spiro atoms. The van der Waals surface area contributed by atoms with Crippen molar-refractivity contribution in [2.45, 2.75) is 19.9 Å². The molecule has 0 saturated heterocycles. The van der Waals surface area contributed by atoms with E-state index in [2.05, 4.69) is 26.2 Å². The minimum absolute atomic E-state index is 0.00386. The highest BCUT2D eigenvalue weighted by Gasteiger charge is 2.25. The fourth-order valence-electron chi connectivity index (χ4n) is 2.04. The molecule has 0 aromatic heterocycles. The Hall–Kier alpha value is -1.62. The van der Waals surface area contributed by atoms with E-state index in [9.17, 15) is 4.79 Å². The van der Waals surface area contributed by atoms with Crippen LogP contribution in [0, 0.1) is 0 Å². The lowest BCUT2D eigenvalue weighted by molar-refractivity contribution is -0.113. The average molecular weight is 308 g/mol. The van der Waals surface area contributed by atoms with E-state index in [-0.39, 0.29) is 11.8 Å². The number of aliphatic imine (C=N–C) groups is 1. The maximum absolute atomic E-state index is 11.7. The van der Waals surface area contributed by atoms with Gasteiger partial charge < -0.3 is 11.1 Å². The van der Waals surface area contributed by atoms with Crippen LogP contribution >= 0.6 is 15.9 Å². The van der Waals surface area contributed by atoms with E-state index in [1.807, 2.05) is 31.2 Å². The molecule has 0 fully saturated rings. The normalized spacial score (nSPS) is 19.3. The number of rotatable bonds is 2. The SMILES string of the molecule is CC(=O)C1=C(C)NC(N)=N[C@H]1c1ccc(Br)cc1. The zero-order valence-electron chi connectivity index (χ0n) is 10.2. The number of halogens is 1. The fourth-order valence-corrected chi connectivity index (χ4v) is 2.31. The molecule has 0 bridgehead atoms. The quantitative estimate of drug-likeness (QED) is 0.881. The fraction of sp³-hybridized carbons (Fsp3) is 0.231. The van der Waals surface area contributed by atoms with Crippen molar-refractivity contribution in [3.63, 3.8) is 0 Å². The van der Waals surface area contributed by atoms with Gasteiger partial charge in [0.2, 0.25) is 0 Å². The molecular formula is C13H14BrN3O. The van der Waals surface area contributed by atoms with E-state index >= 15 is 0 Å². The van der Waals surface area contributed by atoms with E-state index in [1.165, 1.54) is 0 Å². The number of guanidine groups is 1. The molecule has 4 nitrogen and oxygen atoms in total. The third kappa shape index (κ3) is 2.46. The molecule has 1 aromatic rings. The summed E-state index contributed by atoms with van der Waals surface area (Å²) in [7, 11) is 0. The van der Waals surface area contributed by atoms with Crippen molar-refractivity contribution in [2.75, 3.05) is 0 Å². The van der Waals surface area contributed by atoms with Gasteiger partial charge in [-0.05, 0) is 31.5 Å². The smallest absolute Gasteiger partial charge is 0.193 e. The van der Waals surface area contributed by atoms with Crippen LogP contribution in [0.5, 0.6) is 0 Å². The molecule has 1 heterocycles. The van der Waals surface area contributed by atoms with Crippen LogP contribution in [0.25, 0.3) is 0 Å². The number of allylic oxidation sites excluding steroid dienone is 1. The summed E-state index contributed by atoms with van der Waals surface area (Å²) < 4.78 is 0.988. The second kappa shape index (κ2) is 4.94. The van der Waals surface area contributed by atoms with Crippen molar-refractivity contribution in [2.24, 2.45) is 10.7 Å². The van der Waals surface area contributed by atoms with E-state index in [0.717, 1.165) is 15.7 Å². The predicted octanol–water partition coefficient (Wildman–Crippen LogP) is 2.27. The molecule has 1 aromatic carbocycles. The molecular weight excluding hydrogens is 294 g/mol. The Bertz CT molecular complexity index is 546. The summed E-state index contributed by atoms with van der Waals surface area (Å²) in [6.45, 7) is 3.38. The second-order valence-corrected chi connectivity index (χ2v) is 5.10. The van der Waals surface area contributed by atoms with Crippen molar-refractivity contribution >= 4 is 27.7 Å². The number of carbonyl (C=O) groups excluding carboxylic acids is 1. The Balaban J connectivity index is 2.48. The molecule has 0 aliphatic carbocycles. The van der Waals surface area contributed by atoms with Crippen LogP contribution in [0.4, 0.5) is 0 Å². The molecule has 18 heavy (non-hydrogen) atoms. The second-order valence-electron chi connectivity index (χ2n) is 4.19. The van der Waals surface area contributed by atoms with Gasteiger partial charge >= 0.3 is 0 Å². The number of ketones is 1. The zero-order valence-corrected chi connectivity index (χ0v) is 11.8. The topological polar surface area (TPSA) is 67.5 Å². The van der Waals surface area contributed by atoms with Gasteiger partial charge in [-0.3, -0.25) is 4.79 Å². The highest BCUT2D eigenvalue weighted by atomic mass is 79.9. The van der Waals surface area contributed by atoms with E-state index in [1.54, 1.807) is 6.92 Å². The maximum Gasteiger partial charge on any atom is 0.193 e. The number of nitrogens with zero attached hydrogens (tertiary/aromatic N) is 1. The number of carbonyl (C=O) groups is 1. The first-order valence-electron chi connectivity index (χ1n) is 5.56. The van der Waals surface area contributed by atoms with Crippen molar-refractivity contribution in [1.29, 1.82) is 0 Å². The van der Waals surface area contributed by atoms with Crippen LogP contribution < -0.4 is 11.1 Å². The number of nitrogens with one attached hydrogen (secondary N) is 1. The molecule has 0 radical (unpaired) electrons.